The first-order valence-electron chi connectivity index (χ1n) is 10.3. The highest BCUT2D eigenvalue weighted by Crippen LogP contribution is 2.32. The molecule has 0 bridgehead atoms. The molecule has 2 fully saturated rings. The van der Waals surface area contributed by atoms with Crippen LogP contribution in [0.1, 0.15) is 31.2 Å². The van der Waals surface area contributed by atoms with Gasteiger partial charge >= 0.3 is 0 Å². The Hall–Kier alpha value is -2.48. The predicted molar refractivity (Wildman–Crippen MR) is 117 cm³/mol. The molecule has 1 saturated heterocycles. The van der Waals surface area contributed by atoms with E-state index in [0.717, 1.165) is 61.2 Å². The Morgan fingerprint density at radius 3 is 2.69 bits per heavy atom. The highest BCUT2D eigenvalue weighted by Gasteiger charge is 2.20. The Bertz CT molecular complexity index is 812. The molecule has 2 heterocycles. The lowest BCUT2D eigenvalue weighted by Gasteiger charge is -2.35. The summed E-state index contributed by atoms with van der Waals surface area (Å²) in [5.74, 6) is 2.18. The van der Waals surface area contributed by atoms with Crippen LogP contribution in [0.25, 0.3) is 0 Å². The monoisotopic (exact) mass is 415 g/mol. The van der Waals surface area contributed by atoms with Crippen molar-refractivity contribution in [3.8, 4) is 11.5 Å². The average molecular weight is 416 g/mol. The van der Waals surface area contributed by atoms with Crippen molar-refractivity contribution in [3.05, 3.63) is 35.3 Å². The smallest absolute Gasteiger partial charge is 0.191 e. The minimum absolute atomic E-state index is 0.293. The number of benzene rings is 1. The molecule has 2 N–H and O–H groups in total. The number of aromatic nitrogens is 1. The minimum atomic E-state index is 0.293. The summed E-state index contributed by atoms with van der Waals surface area (Å²) in [5.41, 5.74) is 7.35. The molecule has 1 aliphatic carbocycles. The summed E-state index contributed by atoms with van der Waals surface area (Å²) < 4.78 is 11.7. The van der Waals surface area contributed by atoms with Crippen molar-refractivity contribution in [2.45, 2.75) is 38.3 Å². The molecular formula is C21H29N5O2S. The van der Waals surface area contributed by atoms with E-state index >= 15 is 0 Å². The molecule has 0 atom stereocenters. The van der Waals surface area contributed by atoms with Gasteiger partial charge < -0.3 is 25.0 Å². The maximum absolute atomic E-state index is 6.28. The fourth-order valence-electron chi connectivity index (χ4n) is 3.87. The molecule has 7 nitrogen and oxygen atoms in total. The van der Waals surface area contributed by atoms with Crippen molar-refractivity contribution in [3.63, 3.8) is 0 Å². The zero-order valence-corrected chi connectivity index (χ0v) is 17.7. The molecule has 0 unspecified atom stereocenters. The first-order valence-corrected chi connectivity index (χ1v) is 11.1. The number of ether oxygens (including phenoxy) is 2. The van der Waals surface area contributed by atoms with E-state index in [2.05, 4.69) is 19.8 Å². The standard InChI is InChI=1S/C21H29N5O2S/c1-27-18-7-6-16(14-19(18)28-17-4-2-3-5-17)15-24-20(22)25-9-11-26(12-10-25)21-23-8-13-29-21/h6-8,13-14,17H,2-5,9-12,15H2,1H3,(H2,22,24). The summed E-state index contributed by atoms with van der Waals surface area (Å²) in [5, 5.41) is 3.09. The van der Waals surface area contributed by atoms with Gasteiger partial charge in [0.25, 0.3) is 0 Å². The molecule has 1 aromatic heterocycles. The van der Waals surface area contributed by atoms with E-state index in [1.165, 1.54) is 12.8 Å². The van der Waals surface area contributed by atoms with Gasteiger partial charge in [0, 0.05) is 37.8 Å². The number of methoxy groups -OCH3 is 1. The molecule has 1 aromatic carbocycles. The van der Waals surface area contributed by atoms with Crippen molar-refractivity contribution in [1.82, 2.24) is 9.88 Å². The van der Waals surface area contributed by atoms with E-state index in [1.807, 2.05) is 29.8 Å². The van der Waals surface area contributed by atoms with Crippen LogP contribution in [-0.4, -0.2) is 55.2 Å². The van der Waals surface area contributed by atoms with E-state index < -0.39 is 0 Å². The Kier molecular flexibility index (Phi) is 6.39. The molecule has 4 rings (SSSR count). The van der Waals surface area contributed by atoms with Crippen LogP contribution >= 0.6 is 11.3 Å². The average Bonchev–Trinajstić information content (AvgIpc) is 3.47. The second-order valence-electron chi connectivity index (χ2n) is 7.47. The number of rotatable bonds is 6. The van der Waals surface area contributed by atoms with Crippen LogP contribution in [0.3, 0.4) is 0 Å². The molecule has 1 aliphatic heterocycles. The van der Waals surface area contributed by atoms with Crippen molar-refractivity contribution >= 4 is 22.4 Å². The normalized spacial score (nSPS) is 18.3. The van der Waals surface area contributed by atoms with E-state index in [-0.39, 0.29) is 0 Å². The van der Waals surface area contributed by atoms with Crippen molar-refractivity contribution in [1.29, 1.82) is 0 Å². The number of aliphatic imine (C=N–C) groups is 1. The summed E-state index contributed by atoms with van der Waals surface area (Å²) in [6.07, 6.45) is 6.85. The van der Waals surface area contributed by atoms with Gasteiger partial charge in [-0.15, -0.1) is 11.3 Å². The highest BCUT2D eigenvalue weighted by atomic mass is 32.1. The number of anilines is 1. The van der Waals surface area contributed by atoms with Gasteiger partial charge in [0.1, 0.15) is 0 Å². The lowest BCUT2D eigenvalue weighted by atomic mass is 10.2. The zero-order chi connectivity index (χ0) is 20.1. The van der Waals surface area contributed by atoms with Crippen LogP contribution in [0.4, 0.5) is 5.13 Å². The Morgan fingerprint density at radius 1 is 1.21 bits per heavy atom. The van der Waals surface area contributed by atoms with Gasteiger partial charge in [0.15, 0.2) is 22.6 Å². The number of hydrogen-bond donors (Lipinski definition) is 1. The SMILES string of the molecule is COc1ccc(CN=C(N)N2CCN(c3nccs3)CC2)cc1OC1CCCC1. The Morgan fingerprint density at radius 2 is 2.00 bits per heavy atom. The van der Waals surface area contributed by atoms with Gasteiger partial charge in [-0.1, -0.05) is 6.07 Å². The molecule has 156 valence electrons. The first kappa shape index (κ1) is 19.8. The highest BCUT2D eigenvalue weighted by molar-refractivity contribution is 7.13. The first-order chi connectivity index (χ1) is 14.2. The molecule has 29 heavy (non-hydrogen) atoms. The van der Waals surface area contributed by atoms with Crippen molar-refractivity contribution in [2.24, 2.45) is 10.7 Å². The number of thiazole rings is 1. The van der Waals surface area contributed by atoms with Crippen molar-refractivity contribution < 1.29 is 9.47 Å². The molecule has 0 amide bonds. The van der Waals surface area contributed by atoms with Gasteiger partial charge in [0.05, 0.1) is 19.8 Å². The quantitative estimate of drug-likeness (QED) is 0.577. The van der Waals surface area contributed by atoms with Crippen LogP contribution in [0, 0.1) is 0 Å². The minimum Gasteiger partial charge on any atom is -0.493 e. The van der Waals surface area contributed by atoms with Crippen LogP contribution in [0.5, 0.6) is 11.5 Å². The van der Waals surface area contributed by atoms with Crippen molar-refractivity contribution in [2.75, 3.05) is 38.2 Å². The second kappa shape index (κ2) is 9.35. The van der Waals surface area contributed by atoms with Crippen LogP contribution in [0.2, 0.25) is 0 Å². The lowest BCUT2D eigenvalue weighted by molar-refractivity contribution is 0.200. The number of piperazine rings is 1. The summed E-state index contributed by atoms with van der Waals surface area (Å²) in [7, 11) is 1.68. The van der Waals surface area contributed by atoms with E-state index in [0.29, 0.717) is 18.6 Å². The molecule has 1 saturated carbocycles. The number of guanidine groups is 1. The van der Waals surface area contributed by atoms with Gasteiger partial charge in [-0.2, -0.15) is 0 Å². The molecule has 0 spiro atoms. The molecule has 0 radical (unpaired) electrons. The predicted octanol–water partition coefficient (Wildman–Crippen LogP) is 3.11. The van der Waals surface area contributed by atoms with E-state index in [4.69, 9.17) is 15.2 Å². The van der Waals surface area contributed by atoms with Gasteiger partial charge in [0.2, 0.25) is 0 Å². The zero-order valence-electron chi connectivity index (χ0n) is 16.9. The molecule has 2 aromatic rings. The fraction of sp³-hybridized carbons (Fsp3) is 0.524. The summed E-state index contributed by atoms with van der Waals surface area (Å²) in [6, 6.07) is 6.02. The van der Waals surface area contributed by atoms with Gasteiger partial charge in [-0.05, 0) is 43.4 Å². The Balaban J connectivity index is 1.35. The van der Waals surface area contributed by atoms with Crippen LogP contribution in [-0.2, 0) is 6.54 Å². The summed E-state index contributed by atoms with van der Waals surface area (Å²) in [4.78, 5) is 13.5. The number of hydrogen-bond acceptors (Lipinski definition) is 6. The Labute approximate surface area is 176 Å². The number of nitrogens with two attached hydrogens (primary N) is 1. The van der Waals surface area contributed by atoms with Gasteiger partial charge in [-0.25, -0.2) is 9.98 Å². The third-order valence-electron chi connectivity index (χ3n) is 5.54. The topological polar surface area (TPSA) is 76.2 Å². The third-order valence-corrected chi connectivity index (χ3v) is 6.37. The summed E-state index contributed by atoms with van der Waals surface area (Å²) in [6.45, 7) is 4.06. The lowest BCUT2D eigenvalue weighted by Crippen LogP contribution is -2.51. The molecule has 8 heteroatoms. The molecular weight excluding hydrogens is 386 g/mol. The van der Waals surface area contributed by atoms with E-state index in [1.54, 1.807) is 18.4 Å². The fourth-order valence-corrected chi connectivity index (χ4v) is 4.57. The molecule has 2 aliphatic rings. The number of nitrogens with zero attached hydrogens (tertiary/aromatic N) is 4. The maximum Gasteiger partial charge on any atom is 0.191 e. The second-order valence-corrected chi connectivity index (χ2v) is 8.35. The maximum atomic E-state index is 6.28. The van der Waals surface area contributed by atoms with Crippen LogP contribution < -0.4 is 20.1 Å². The van der Waals surface area contributed by atoms with E-state index in [9.17, 15) is 0 Å². The largest absolute Gasteiger partial charge is 0.493 e. The van der Waals surface area contributed by atoms with Gasteiger partial charge in [-0.3, -0.25) is 0 Å². The summed E-state index contributed by atoms with van der Waals surface area (Å²) >= 11 is 1.67. The van der Waals surface area contributed by atoms with Crippen LogP contribution in [0.15, 0.2) is 34.8 Å². The third kappa shape index (κ3) is 4.93.